The molecule has 0 bridgehead atoms. The molecule has 0 saturated carbocycles. The minimum absolute atomic E-state index is 0.0223. The molecule has 2 saturated heterocycles. The highest BCUT2D eigenvalue weighted by atomic mass is 35.5. The van der Waals surface area contributed by atoms with Gasteiger partial charge in [-0.05, 0) is 86.7 Å². The average molecular weight is 685 g/mol. The molecular formula is C35H43Cl2N5O3S. The Hall–Kier alpha value is -2.56. The van der Waals surface area contributed by atoms with Crippen LogP contribution in [0.1, 0.15) is 64.6 Å². The molecular weight excluding hydrogens is 641 g/mol. The highest BCUT2D eigenvalue weighted by Crippen LogP contribution is 2.56. The molecule has 2 amide bonds. The number of halogens is 2. The van der Waals surface area contributed by atoms with Crippen molar-refractivity contribution in [3.05, 3.63) is 80.3 Å². The van der Waals surface area contributed by atoms with Gasteiger partial charge in [-0.1, -0.05) is 61.3 Å². The van der Waals surface area contributed by atoms with Gasteiger partial charge >= 0.3 is 0 Å². The third kappa shape index (κ3) is 5.87. The molecule has 11 heteroatoms. The van der Waals surface area contributed by atoms with Crippen molar-refractivity contribution in [3.8, 4) is 0 Å². The molecule has 0 spiro atoms. The van der Waals surface area contributed by atoms with E-state index in [1.165, 1.54) is 11.8 Å². The van der Waals surface area contributed by atoms with Crippen LogP contribution in [0.4, 0.5) is 0 Å². The summed E-state index contributed by atoms with van der Waals surface area (Å²) in [5.41, 5.74) is 2.36. The lowest BCUT2D eigenvalue weighted by Crippen LogP contribution is -2.58. The zero-order valence-corrected chi connectivity index (χ0v) is 29.4. The van der Waals surface area contributed by atoms with Crippen molar-refractivity contribution in [1.82, 2.24) is 19.6 Å². The number of likely N-dealkylation sites (tertiary alicyclic amines) is 1. The molecule has 1 N–H and O–H groups in total. The quantitative estimate of drug-likeness (QED) is 0.378. The van der Waals surface area contributed by atoms with E-state index in [-0.39, 0.29) is 42.5 Å². The number of aliphatic hydroxyl groups excluding tert-OH is 1. The highest BCUT2D eigenvalue weighted by Gasteiger charge is 2.54. The zero-order chi connectivity index (χ0) is 32.9. The third-order valence-corrected chi connectivity index (χ3v) is 11.6. The number of aliphatic hydroxyl groups is 1. The molecule has 4 aliphatic heterocycles. The Labute approximate surface area is 286 Å². The lowest BCUT2D eigenvalue weighted by atomic mass is 9.81. The van der Waals surface area contributed by atoms with E-state index < -0.39 is 11.6 Å². The molecule has 0 aromatic heterocycles. The van der Waals surface area contributed by atoms with Crippen LogP contribution in [0.3, 0.4) is 0 Å². The van der Waals surface area contributed by atoms with Gasteiger partial charge in [0, 0.05) is 54.0 Å². The third-order valence-electron chi connectivity index (χ3n) is 10.0. The standard InChI is InChI=1S/C35H43Cl2N5O3S/c1-21(2)29-30(33(45)41-22(3)6-15-28(41)32(44)40-17-16-39(18-19-43)23(4)20-40)46-34-38-35(5,25-9-13-27(37)14-10-25)31(42(29)34)24-7-11-26(36)12-8-24/h7-14,21-23,28,31,43H,6,15-20H2,1-5H3/t22-,23+,28+,31-,35+/m1/s1. The molecule has 2 aromatic rings. The summed E-state index contributed by atoms with van der Waals surface area (Å²) in [6.07, 6.45) is 1.43. The molecule has 8 nitrogen and oxygen atoms in total. The number of carbonyl (C=O) groups excluding carboxylic acids is 2. The van der Waals surface area contributed by atoms with E-state index in [1.54, 1.807) is 0 Å². The van der Waals surface area contributed by atoms with Crippen molar-refractivity contribution in [2.75, 3.05) is 32.8 Å². The van der Waals surface area contributed by atoms with Crippen molar-refractivity contribution in [2.45, 2.75) is 77.2 Å². The molecule has 246 valence electrons. The van der Waals surface area contributed by atoms with Crippen LogP contribution in [0.15, 0.2) is 64.1 Å². The van der Waals surface area contributed by atoms with Crippen LogP contribution in [0.5, 0.6) is 0 Å². The molecule has 4 aliphatic rings. The van der Waals surface area contributed by atoms with Gasteiger partial charge in [-0.15, -0.1) is 0 Å². The van der Waals surface area contributed by atoms with Gasteiger partial charge in [0.25, 0.3) is 5.91 Å². The molecule has 6 rings (SSSR count). The fourth-order valence-corrected chi connectivity index (χ4v) is 9.22. The van der Waals surface area contributed by atoms with Crippen molar-refractivity contribution in [2.24, 2.45) is 10.9 Å². The summed E-state index contributed by atoms with van der Waals surface area (Å²) in [6, 6.07) is 15.1. The number of β-amino-alcohol motifs (C(OH)–C–C–N with tert-alkyl or cyclic N) is 1. The molecule has 5 atom stereocenters. The number of nitrogens with zero attached hydrogens (tertiary/aromatic N) is 5. The number of benzene rings is 2. The van der Waals surface area contributed by atoms with Crippen molar-refractivity contribution < 1.29 is 14.7 Å². The Morgan fingerprint density at radius 3 is 2.26 bits per heavy atom. The van der Waals surface area contributed by atoms with Crippen LogP contribution in [-0.4, -0.2) is 92.6 Å². The number of amides is 2. The van der Waals surface area contributed by atoms with Gasteiger partial charge < -0.3 is 19.8 Å². The fraction of sp³-hybridized carbons (Fsp3) is 0.514. The van der Waals surface area contributed by atoms with Gasteiger partial charge in [-0.3, -0.25) is 14.5 Å². The largest absolute Gasteiger partial charge is 0.395 e. The minimum Gasteiger partial charge on any atom is -0.395 e. The number of carbonyl (C=O) groups is 2. The van der Waals surface area contributed by atoms with Gasteiger partial charge in [0.15, 0.2) is 5.17 Å². The second-order valence-electron chi connectivity index (χ2n) is 13.4. The van der Waals surface area contributed by atoms with E-state index in [0.717, 1.165) is 35.0 Å². The Morgan fingerprint density at radius 2 is 1.65 bits per heavy atom. The lowest BCUT2D eigenvalue weighted by molar-refractivity contribution is -0.145. The molecule has 0 aliphatic carbocycles. The molecule has 2 fully saturated rings. The smallest absolute Gasteiger partial charge is 0.263 e. The number of hydrogen-bond acceptors (Lipinski definition) is 7. The Morgan fingerprint density at radius 1 is 1.00 bits per heavy atom. The summed E-state index contributed by atoms with van der Waals surface area (Å²) < 4.78 is 0. The van der Waals surface area contributed by atoms with E-state index in [1.807, 2.05) is 58.3 Å². The van der Waals surface area contributed by atoms with Crippen molar-refractivity contribution in [1.29, 1.82) is 0 Å². The minimum atomic E-state index is -0.649. The normalized spacial score (nSPS) is 28.4. The van der Waals surface area contributed by atoms with E-state index in [0.29, 0.717) is 41.0 Å². The second-order valence-corrected chi connectivity index (χ2v) is 15.2. The van der Waals surface area contributed by atoms with Crippen molar-refractivity contribution in [3.63, 3.8) is 0 Å². The highest BCUT2D eigenvalue weighted by molar-refractivity contribution is 8.18. The summed E-state index contributed by atoms with van der Waals surface area (Å²) in [7, 11) is 0. The number of rotatable bonds is 7. The summed E-state index contributed by atoms with van der Waals surface area (Å²) in [4.78, 5) is 42.9. The van der Waals surface area contributed by atoms with Crippen LogP contribution >= 0.6 is 35.0 Å². The number of fused-ring (bicyclic) bond motifs is 1. The molecule has 0 unspecified atom stereocenters. The number of hydrogen-bond donors (Lipinski definition) is 1. The number of piperazine rings is 1. The van der Waals surface area contributed by atoms with Gasteiger partial charge in [0.05, 0.1) is 12.6 Å². The maximum absolute atomic E-state index is 14.7. The lowest BCUT2D eigenvalue weighted by Gasteiger charge is -2.41. The first-order valence-electron chi connectivity index (χ1n) is 16.2. The maximum Gasteiger partial charge on any atom is 0.263 e. The number of aliphatic imine (C=N–C) groups is 1. The van der Waals surface area contributed by atoms with Gasteiger partial charge in [0.1, 0.15) is 16.5 Å². The molecule has 0 radical (unpaired) electrons. The van der Waals surface area contributed by atoms with E-state index in [4.69, 9.17) is 28.2 Å². The SMILES string of the molecule is CC(C)C1=C(C(=O)N2[C@H](C)CC[C@H]2C(=O)N2CCN(CCO)[C@@H](C)C2)SC2=N[C@@](C)(c3ccc(Cl)cc3)[C@@H](c3ccc(Cl)cc3)N21. The summed E-state index contributed by atoms with van der Waals surface area (Å²) in [6.45, 7) is 13.1. The van der Waals surface area contributed by atoms with Crippen molar-refractivity contribution >= 4 is 51.9 Å². The van der Waals surface area contributed by atoms with Gasteiger partial charge in [-0.25, -0.2) is 4.99 Å². The Bertz CT molecular complexity index is 1550. The summed E-state index contributed by atoms with van der Waals surface area (Å²) >= 11 is 14.0. The van der Waals surface area contributed by atoms with Crippen LogP contribution in [0.25, 0.3) is 0 Å². The first-order valence-corrected chi connectivity index (χ1v) is 17.8. The Kier molecular flexibility index (Phi) is 9.53. The topological polar surface area (TPSA) is 79.7 Å². The van der Waals surface area contributed by atoms with Crippen LogP contribution in [-0.2, 0) is 15.1 Å². The number of thioether (sulfide) groups is 1. The van der Waals surface area contributed by atoms with Crippen LogP contribution in [0, 0.1) is 5.92 Å². The molecule has 4 heterocycles. The Balaban J connectivity index is 1.35. The molecule has 2 aromatic carbocycles. The fourth-order valence-electron chi connectivity index (χ4n) is 7.62. The average Bonchev–Trinajstić information content (AvgIpc) is 3.67. The van der Waals surface area contributed by atoms with Gasteiger partial charge in [0.2, 0.25) is 5.91 Å². The zero-order valence-electron chi connectivity index (χ0n) is 27.1. The number of allylic oxidation sites excluding steroid dienone is 1. The van der Waals surface area contributed by atoms with E-state index in [2.05, 4.69) is 44.4 Å². The van der Waals surface area contributed by atoms with Crippen LogP contribution < -0.4 is 0 Å². The van der Waals surface area contributed by atoms with Gasteiger partial charge in [-0.2, -0.15) is 0 Å². The molecule has 46 heavy (non-hydrogen) atoms. The summed E-state index contributed by atoms with van der Waals surface area (Å²) in [5.74, 6) is -0.0479. The predicted molar refractivity (Wildman–Crippen MR) is 186 cm³/mol. The van der Waals surface area contributed by atoms with E-state index >= 15 is 0 Å². The van der Waals surface area contributed by atoms with E-state index in [9.17, 15) is 14.7 Å². The second kappa shape index (κ2) is 13.2. The monoisotopic (exact) mass is 683 g/mol. The first-order chi connectivity index (χ1) is 21.9. The predicted octanol–water partition coefficient (Wildman–Crippen LogP) is 6.14. The first kappa shape index (κ1) is 33.3. The summed E-state index contributed by atoms with van der Waals surface area (Å²) in [5, 5.41) is 11.5. The van der Waals surface area contributed by atoms with Crippen LogP contribution in [0.2, 0.25) is 10.0 Å². The maximum atomic E-state index is 14.7. The number of amidine groups is 1.